The van der Waals surface area contributed by atoms with E-state index < -0.39 is 0 Å². The van der Waals surface area contributed by atoms with E-state index in [1.807, 2.05) is 30.1 Å². The molecule has 120 valence electrons. The second-order valence-electron chi connectivity index (χ2n) is 5.78. The summed E-state index contributed by atoms with van der Waals surface area (Å²) >= 11 is 1.61. The zero-order chi connectivity index (χ0) is 14.7. The summed E-state index contributed by atoms with van der Waals surface area (Å²) in [6.07, 6.45) is 3.50. The third-order valence-electron chi connectivity index (χ3n) is 4.34. The number of benzene rings is 1. The number of rotatable bonds is 4. The Morgan fingerprint density at radius 3 is 2.73 bits per heavy atom. The van der Waals surface area contributed by atoms with Crippen LogP contribution in [0, 0.1) is 5.92 Å². The fraction of sp³-hybridized carbons (Fsp3) is 0.471. The van der Waals surface area contributed by atoms with E-state index in [9.17, 15) is 4.79 Å². The first-order valence-electron chi connectivity index (χ1n) is 7.70. The number of nitrogens with zero attached hydrogens (tertiary/aromatic N) is 1. The highest BCUT2D eigenvalue weighted by molar-refractivity contribution is 7.20. The van der Waals surface area contributed by atoms with Gasteiger partial charge in [-0.15, -0.1) is 23.7 Å². The van der Waals surface area contributed by atoms with Gasteiger partial charge in [0.15, 0.2) is 0 Å². The molecule has 2 heterocycles. The van der Waals surface area contributed by atoms with Gasteiger partial charge in [0, 0.05) is 17.8 Å². The molecular weight excluding hydrogens is 316 g/mol. The molecule has 0 atom stereocenters. The van der Waals surface area contributed by atoms with Crippen molar-refractivity contribution in [2.75, 3.05) is 26.7 Å². The first kappa shape index (κ1) is 17.3. The Kier molecular flexibility index (Phi) is 6.24. The lowest BCUT2D eigenvalue weighted by atomic mass is 9.93. The van der Waals surface area contributed by atoms with E-state index in [4.69, 9.17) is 0 Å². The number of fused-ring (bicyclic) bond motifs is 1. The largest absolute Gasteiger partial charge is 0.338 e. The molecule has 0 saturated carbocycles. The van der Waals surface area contributed by atoms with Crippen molar-refractivity contribution < 1.29 is 4.79 Å². The molecule has 5 heteroatoms. The highest BCUT2D eigenvalue weighted by atomic mass is 35.5. The number of nitrogens with one attached hydrogen (secondary N) is 1. The van der Waals surface area contributed by atoms with E-state index in [0.29, 0.717) is 0 Å². The van der Waals surface area contributed by atoms with Gasteiger partial charge >= 0.3 is 0 Å². The van der Waals surface area contributed by atoms with E-state index >= 15 is 0 Å². The Morgan fingerprint density at radius 1 is 1.32 bits per heavy atom. The molecule has 1 aliphatic heterocycles. The second-order valence-corrected chi connectivity index (χ2v) is 6.86. The van der Waals surface area contributed by atoms with E-state index in [0.717, 1.165) is 43.3 Å². The Hall–Kier alpha value is -1.10. The molecule has 1 aromatic heterocycles. The molecule has 1 amide bonds. The van der Waals surface area contributed by atoms with Crippen molar-refractivity contribution in [1.82, 2.24) is 10.2 Å². The fourth-order valence-electron chi connectivity index (χ4n) is 3.02. The molecule has 1 saturated heterocycles. The Morgan fingerprint density at radius 2 is 2.05 bits per heavy atom. The van der Waals surface area contributed by atoms with Crippen LogP contribution >= 0.6 is 23.7 Å². The van der Waals surface area contributed by atoms with Crippen molar-refractivity contribution in [3.63, 3.8) is 0 Å². The summed E-state index contributed by atoms with van der Waals surface area (Å²) in [5, 5.41) is 4.39. The van der Waals surface area contributed by atoms with Crippen LogP contribution in [0.2, 0.25) is 0 Å². The number of thiophene rings is 1. The van der Waals surface area contributed by atoms with Crippen LogP contribution in [0.4, 0.5) is 0 Å². The number of halogens is 1. The average Bonchev–Trinajstić information content (AvgIpc) is 2.96. The van der Waals surface area contributed by atoms with Gasteiger partial charge in [-0.1, -0.05) is 18.2 Å². The number of carbonyl (C=O) groups excluding carboxylic acids is 1. The molecule has 2 aromatic rings. The molecule has 1 fully saturated rings. The minimum Gasteiger partial charge on any atom is -0.338 e. The van der Waals surface area contributed by atoms with Crippen LogP contribution in [0.5, 0.6) is 0 Å². The van der Waals surface area contributed by atoms with Crippen molar-refractivity contribution >= 4 is 39.7 Å². The van der Waals surface area contributed by atoms with Gasteiger partial charge in [0.2, 0.25) is 0 Å². The highest BCUT2D eigenvalue weighted by Crippen LogP contribution is 2.28. The van der Waals surface area contributed by atoms with Gasteiger partial charge in [-0.05, 0) is 56.3 Å². The quantitative estimate of drug-likeness (QED) is 0.920. The van der Waals surface area contributed by atoms with Gasteiger partial charge in [-0.25, -0.2) is 0 Å². The van der Waals surface area contributed by atoms with Crippen molar-refractivity contribution in [2.45, 2.75) is 19.3 Å². The summed E-state index contributed by atoms with van der Waals surface area (Å²) in [5.74, 6) is 0.979. The molecule has 3 rings (SSSR count). The van der Waals surface area contributed by atoms with E-state index in [2.05, 4.69) is 17.4 Å². The topological polar surface area (TPSA) is 32.3 Å². The third-order valence-corrected chi connectivity index (χ3v) is 5.44. The van der Waals surface area contributed by atoms with E-state index in [1.165, 1.54) is 16.5 Å². The monoisotopic (exact) mass is 338 g/mol. The number of hydrogen-bond donors (Lipinski definition) is 1. The van der Waals surface area contributed by atoms with Crippen LogP contribution < -0.4 is 5.32 Å². The summed E-state index contributed by atoms with van der Waals surface area (Å²) < 4.78 is 1.20. The Balaban J connectivity index is 0.00000176. The van der Waals surface area contributed by atoms with Crippen molar-refractivity contribution in [3.8, 4) is 0 Å². The Labute approximate surface area is 142 Å². The molecule has 0 bridgehead atoms. The van der Waals surface area contributed by atoms with Crippen molar-refractivity contribution in [3.05, 3.63) is 35.2 Å². The lowest BCUT2D eigenvalue weighted by Crippen LogP contribution is -2.38. The normalized spacial score (nSPS) is 15.8. The van der Waals surface area contributed by atoms with Crippen LogP contribution in [0.1, 0.15) is 28.9 Å². The molecule has 0 aliphatic carbocycles. The molecule has 22 heavy (non-hydrogen) atoms. The van der Waals surface area contributed by atoms with Gasteiger partial charge in [0.1, 0.15) is 0 Å². The molecular formula is C17H23ClN2OS. The lowest BCUT2D eigenvalue weighted by Gasteiger charge is -2.31. The number of hydrogen-bond acceptors (Lipinski definition) is 3. The van der Waals surface area contributed by atoms with Gasteiger partial charge in [-0.2, -0.15) is 0 Å². The SMILES string of the molecule is CNCCC1CCN(C(=O)c2cc3ccccc3s2)CC1.Cl. The first-order valence-corrected chi connectivity index (χ1v) is 8.52. The average molecular weight is 339 g/mol. The van der Waals surface area contributed by atoms with E-state index in [-0.39, 0.29) is 18.3 Å². The van der Waals surface area contributed by atoms with Gasteiger partial charge in [-0.3, -0.25) is 4.79 Å². The molecule has 0 unspecified atom stereocenters. The minimum absolute atomic E-state index is 0. The van der Waals surface area contributed by atoms with Crippen LogP contribution in [0.15, 0.2) is 30.3 Å². The summed E-state index contributed by atoms with van der Waals surface area (Å²) in [4.78, 5) is 15.5. The smallest absolute Gasteiger partial charge is 0.263 e. The lowest BCUT2D eigenvalue weighted by molar-refractivity contribution is 0.0692. The zero-order valence-corrected chi connectivity index (χ0v) is 14.5. The summed E-state index contributed by atoms with van der Waals surface area (Å²) in [6, 6.07) is 10.2. The van der Waals surface area contributed by atoms with Crippen LogP contribution in [-0.4, -0.2) is 37.5 Å². The first-order chi connectivity index (χ1) is 10.3. The predicted molar refractivity (Wildman–Crippen MR) is 96.2 cm³/mol. The minimum atomic E-state index is 0. The Bertz CT molecular complexity index is 587. The maximum atomic E-state index is 12.6. The number of likely N-dealkylation sites (tertiary alicyclic amines) is 1. The van der Waals surface area contributed by atoms with Crippen molar-refractivity contribution in [2.24, 2.45) is 5.92 Å². The maximum Gasteiger partial charge on any atom is 0.263 e. The molecule has 0 radical (unpaired) electrons. The van der Waals surface area contributed by atoms with Gasteiger partial charge in [0.05, 0.1) is 4.88 Å². The predicted octanol–water partition coefficient (Wildman–Crippen LogP) is 3.78. The molecule has 1 aliphatic rings. The van der Waals surface area contributed by atoms with Gasteiger partial charge in [0.25, 0.3) is 5.91 Å². The molecule has 3 nitrogen and oxygen atoms in total. The third kappa shape index (κ3) is 3.80. The van der Waals surface area contributed by atoms with Crippen LogP contribution in [0.25, 0.3) is 10.1 Å². The number of piperidine rings is 1. The van der Waals surface area contributed by atoms with Crippen molar-refractivity contribution in [1.29, 1.82) is 0 Å². The van der Waals surface area contributed by atoms with Crippen LogP contribution in [-0.2, 0) is 0 Å². The van der Waals surface area contributed by atoms with E-state index in [1.54, 1.807) is 11.3 Å². The molecule has 1 aromatic carbocycles. The molecule has 1 N–H and O–H groups in total. The maximum absolute atomic E-state index is 12.6. The summed E-state index contributed by atoms with van der Waals surface area (Å²) in [6.45, 7) is 2.89. The highest BCUT2D eigenvalue weighted by Gasteiger charge is 2.24. The zero-order valence-electron chi connectivity index (χ0n) is 12.9. The number of carbonyl (C=O) groups is 1. The molecule has 0 spiro atoms. The fourth-order valence-corrected chi connectivity index (χ4v) is 4.05. The van der Waals surface area contributed by atoms with Gasteiger partial charge < -0.3 is 10.2 Å². The second kappa shape index (κ2) is 7.95. The standard InChI is InChI=1S/C17H22N2OS.ClH/c1-18-9-6-13-7-10-19(11-8-13)17(20)16-12-14-4-2-3-5-15(14)21-16;/h2-5,12-13,18H,6-11H2,1H3;1H. The number of amides is 1. The van der Waals surface area contributed by atoms with Crippen LogP contribution in [0.3, 0.4) is 0 Å². The summed E-state index contributed by atoms with van der Waals surface area (Å²) in [5.41, 5.74) is 0. The summed E-state index contributed by atoms with van der Waals surface area (Å²) in [7, 11) is 2.00.